The molecule has 3 unspecified atom stereocenters. The highest BCUT2D eigenvalue weighted by atomic mass is 14.2. The molecule has 0 saturated heterocycles. The van der Waals surface area contributed by atoms with Crippen molar-refractivity contribution in [3.05, 3.63) is 0 Å². The number of hydrogen-bond donors (Lipinski definition) is 0. The van der Waals surface area contributed by atoms with Gasteiger partial charge in [-0.15, -0.1) is 0 Å². The molecule has 0 nitrogen and oxygen atoms in total. The minimum Gasteiger partial charge on any atom is -0.0654 e. The van der Waals surface area contributed by atoms with Crippen LogP contribution in [0.25, 0.3) is 0 Å². The maximum Gasteiger partial charge on any atom is -0.0414 e. The van der Waals surface area contributed by atoms with Crippen molar-refractivity contribution in [1.82, 2.24) is 0 Å². The average molecular weight is 226 g/mol. The molecule has 16 heavy (non-hydrogen) atoms. The summed E-state index contributed by atoms with van der Waals surface area (Å²) in [5, 5.41) is 0. The Morgan fingerprint density at radius 3 is 1.94 bits per heavy atom. The van der Waals surface area contributed by atoms with Crippen molar-refractivity contribution in [3.8, 4) is 0 Å². The summed E-state index contributed by atoms with van der Waals surface area (Å²) in [6, 6.07) is 0. The van der Waals surface area contributed by atoms with E-state index in [9.17, 15) is 0 Å². The lowest BCUT2D eigenvalue weighted by Crippen LogP contribution is -2.09. The molecule has 0 saturated carbocycles. The van der Waals surface area contributed by atoms with E-state index in [1.54, 1.807) is 0 Å². The van der Waals surface area contributed by atoms with E-state index in [0.717, 1.165) is 17.8 Å². The first-order valence-electron chi connectivity index (χ1n) is 7.63. The first-order chi connectivity index (χ1) is 7.63. The monoisotopic (exact) mass is 226 g/mol. The van der Waals surface area contributed by atoms with Crippen molar-refractivity contribution >= 4 is 0 Å². The zero-order valence-corrected chi connectivity index (χ0v) is 12.4. The van der Waals surface area contributed by atoms with Gasteiger partial charge in [-0.3, -0.25) is 0 Å². The van der Waals surface area contributed by atoms with Gasteiger partial charge in [0.2, 0.25) is 0 Å². The largest absolute Gasteiger partial charge is 0.0654 e. The van der Waals surface area contributed by atoms with Crippen molar-refractivity contribution in [2.75, 3.05) is 0 Å². The summed E-state index contributed by atoms with van der Waals surface area (Å²) in [5.74, 6) is 2.86. The van der Waals surface area contributed by atoms with Gasteiger partial charge in [0.25, 0.3) is 0 Å². The van der Waals surface area contributed by atoms with Gasteiger partial charge in [-0.1, -0.05) is 73.1 Å². The third-order valence-corrected chi connectivity index (χ3v) is 3.87. The maximum absolute atomic E-state index is 2.46. The molecule has 0 bridgehead atoms. The van der Waals surface area contributed by atoms with E-state index in [1.807, 2.05) is 0 Å². The summed E-state index contributed by atoms with van der Waals surface area (Å²) in [6.07, 6.45) is 11.3. The zero-order valence-electron chi connectivity index (χ0n) is 12.4. The Labute approximate surface area is 104 Å². The Bertz CT molecular complexity index is 139. The Hall–Kier alpha value is 0. The van der Waals surface area contributed by atoms with Gasteiger partial charge in [0, 0.05) is 0 Å². The SMILES string of the molecule is CCCCC(CC)CC(C)CC(C)CCC. The Balaban J connectivity index is 3.76. The van der Waals surface area contributed by atoms with Crippen molar-refractivity contribution in [1.29, 1.82) is 0 Å². The van der Waals surface area contributed by atoms with Crippen LogP contribution in [0.4, 0.5) is 0 Å². The number of unbranched alkanes of at least 4 members (excludes halogenated alkanes) is 1. The predicted molar refractivity (Wildman–Crippen MR) is 75.8 cm³/mol. The zero-order chi connectivity index (χ0) is 12.4. The highest BCUT2D eigenvalue weighted by molar-refractivity contribution is 4.65. The second-order valence-electron chi connectivity index (χ2n) is 5.89. The summed E-state index contributed by atoms with van der Waals surface area (Å²) < 4.78 is 0. The predicted octanol–water partition coefficient (Wildman–Crippen LogP) is 6.06. The van der Waals surface area contributed by atoms with Crippen molar-refractivity contribution in [2.45, 2.75) is 86.0 Å². The van der Waals surface area contributed by atoms with Crippen LogP contribution in [0.3, 0.4) is 0 Å². The van der Waals surface area contributed by atoms with Crippen LogP contribution in [-0.4, -0.2) is 0 Å². The minimum atomic E-state index is 0.934. The molecule has 0 aromatic heterocycles. The fourth-order valence-corrected chi connectivity index (χ4v) is 2.94. The van der Waals surface area contributed by atoms with Gasteiger partial charge in [-0.25, -0.2) is 0 Å². The van der Waals surface area contributed by atoms with Crippen LogP contribution < -0.4 is 0 Å². The lowest BCUT2D eigenvalue weighted by Gasteiger charge is -2.22. The molecule has 0 aliphatic carbocycles. The highest BCUT2D eigenvalue weighted by Crippen LogP contribution is 2.26. The van der Waals surface area contributed by atoms with Crippen LogP contribution in [0.1, 0.15) is 86.0 Å². The quantitative estimate of drug-likeness (QED) is 0.425. The van der Waals surface area contributed by atoms with Gasteiger partial charge in [0.15, 0.2) is 0 Å². The van der Waals surface area contributed by atoms with Crippen molar-refractivity contribution in [3.63, 3.8) is 0 Å². The van der Waals surface area contributed by atoms with Crippen molar-refractivity contribution in [2.24, 2.45) is 17.8 Å². The lowest BCUT2D eigenvalue weighted by molar-refractivity contribution is 0.302. The molecular weight excluding hydrogens is 192 g/mol. The van der Waals surface area contributed by atoms with Crippen LogP contribution >= 0.6 is 0 Å². The minimum absolute atomic E-state index is 0.934. The summed E-state index contributed by atoms with van der Waals surface area (Å²) in [6.45, 7) is 11.9. The molecule has 0 aliphatic heterocycles. The standard InChI is InChI=1S/C16H34/c1-6-9-11-16(8-3)13-15(5)12-14(4)10-7-2/h14-16H,6-13H2,1-5H3. The normalized spacial score (nSPS) is 17.1. The van der Waals surface area contributed by atoms with E-state index in [4.69, 9.17) is 0 Å². The van der Waals surface area contributed by atoms with E-state index in [2.05, 4.69) is 34.6 Å². The smallest absolute Gasteiger partial charge is 0.0414 e. The molecule has 0 aromatic rings. The second-order valence-corrected chi connectivity index (χ2v) is 5.89. The molecule has 0 aliphatic rings. The van der Waals surface area contributed by atoms with Crippen LogP contribution in [0, 0.1) is 17.8 Å². The molecule has 0 rings (SSSR count). The van der Waals surface area contributed by atoms with Gasteiger partial charge in [0.1, 0.15) is 0 Å². The molecule has 0 heteroatoms. The van der Waals surface area contributed by atoms with E-state index in [0.29, 0.717) is 0 Å². The van der Waals surface area contributed by atoms with Gasteiger partial charge in [-0.05, 0) is 30.6 Å². The first kappa shape index (κ1) is 16.0. The van der Waals surface area contributed by atoms with Crippen LogP contribution in [0.15, 0.2) is 0 Å². The van der Waals surface area contributed by atoms with Gasteiger partial charge in [-0.2, -0.15) is 0 Å². The van der Waals surface area contributed by atoms with Gasteiger partial charge < -0.3 is 0 Å². The third kappa shape index (κ3) is 8.19. The molecule has 0 radical (unpaired) electrons. The van der Waals surface area contributed by atoms with E-state index >= 15 is 0 Å². The number of rotatable bonds is 10. The molecule has 0 fully saturated rings. The highest BCUT2D eigenvalue weighted by Gasteiger charge is 2.13. The molecule has 0 spiro atoms. The van der Waals surface area contributed by atoms with E-state index < -0.39 is 0 Å². The third-order valence-electron chi connectivity index (χ3n) is 3.87. The number of hydrogen-bond acceptors (Lipinski definition) is 0. The summed E-state index contributed by atoms with van der Waals surface area (Å²) in [5.41, 5.74) is 0. The fourth-order valence-electron chi connectivity index (χ4n) is 2.94. The summed E-state index contributed by atoms with van der Waals surface area (Å²) in [7, 11) is 0. The molecule has 0 N–H and O–H groups in total. The van der Waals surface area contributed by atoms with Crippen LogP contribution in [0.5, 0.6) is 0 Å². The molecule has 0 amide bonds. The summed E-state index contributed by atoms with van der Waals surface area (Å²) >= 11 is 0. The summed E-state index contributed by atoms with van der Waals surface area (Å²) in [4.78, 5) is 0. The topological polar surface area (TPSA) is 0 Å². The van der Waals surface area contributed by atoms with Crippen LogP contribution in [-0.2, 0) is 0 Å². The van der Waals surface area contributed by atoms with Crippen LogP contribution in [0.2, 0.25) is 0 Å². The van der Waals surface area contributed by atoms with Crippen molar-refractivity contribution < 1.29 is 0 Å². The lowest BCUT2D eigenvalue weighted by atomic mass is 9.84. The Morgan fingerprint density at radius 1 is 0.750 bits per heavy atom. The first-order valence-corrected chi connectivity index (χ1v) is 7.63. The van der Waals surface area contributed by atoms with Gasteiger partial charge >= 0.3 is 0 Å². The Morgan fingerprint density at radius 2 is 1.44 bits per heavy atom. The maximum atomic E-state index is 2.46. The van der Waals surface area contributed by atoms with E-state index in [1.165, 1.54) is 51.4 Å². The second kappa shape index (κ2) is 10.2. The molecule has 98 valence electrons. The fraction of sp³-hybridized carbons (Fsp3) is 1.00. The average Bonchev–Trinajstić information content (AvgIpc) is 2.24. The Kier molecular flexibility index (Phi) is 10.2. The molecule has 3 atom stereocenters. The molecular formula is C16H34. The van der Waals surface area contributed by atoms with Gasteiger partial charge in [0.05, 0.1) is 0 Å². The van der Waals surface area contributed by atoms with E-state index in [-0.39, 0.29) is 0 Å². The molecule has 0 heterocycles. The molecule has 0 aromatic carbocycles.